The Labute approximate surface area is 85.2 Å². The molecular formula is C11H18N2O. The number of hydrogen-bond donors (Lipinski definition) is 2. The number of aromatic nitrogens is 1. The van der Waals surface area contributed by atoms with Crippen LogP contribution in [0.25, 0.3) is 0 Å². The fourth-order valence-electron chi connectivity index (χ4n) is 1.19. The third-order valence-corrected chi connectivity index (χ3v) is 1.99. The largest absolute Gasteiger partial charge is 0.392 e. The Balaban J connectivity index is 2.77. The molecule has 0 aromatic carbocycles. The van der Waals surface area contributed by atoms with Crippen molar-refractivity contribution in [2.45, 2.75) is 27.4 Å². The van der Waals surface area contributed by atoms with E-state index >= 15 is 0 Å². The van der Waals surface area contributed by atoms with E-state index in [1.165, 1.54) is 0 Å². The van der Waals surface area contributed by atoms with Crippen molar-refractivity contribution in [1.82, 2.24) is 4.98 Å². The first-order valence-electron chi connectivity index (χ1n) is 4.93. The van der Waals surface area contributed by atoms with Gasteiger partial charge in [0.2, 0.25) is 0 Å². The molecule has 0 bridgehead atoms. The molecule has 0 amide bonds. The van der Waals surface area contributed by atoms with E-state index < -0.39 is 0 Å². The third kappa shape index (κ3) is 3.00. The number of anilines is 1. The monoisotopic (exact) mass is 194 g/mol. The predicted octanol–water partition coefficient (Wildman–Crippen LogP) is 1.95. The highest BCUT2D eigenvalue weighted by molar-refractivity contribution is 5.50. The molecule has 0 atom stereocenters. The van der Waals surface area contributed by atoms with Crippen molar-refractivity contribution in [2.75, 3.05) is 11.9 Å². The Bertz CT molecular complexity index is 297. The quantitative estimate of drug-likeness (QED) is 0.770. The van der Waals surface area contributed by atoms with Crippen molar-refractivity contribution in [3.63, 3.8) is 0 Å². The second-order valence-electron chi connectivity index (χ2n) is 3.92. The lowest BCUT2D eigenvalue weighted by Gasteiger charge is -2.12. The molecule has 0 unspecified atom stereocenters. The fraction of sp³-hybridized carbons (Fsp3) is 0.545. The lowest BCUT2D eigenvalue weighted by Crippen LogP contribution is -2.10. The lowest BCUT2D eigenvalue weighted by atomic mass is 10.2. The van der Waals surface area contributed by atoms with Crippen molar-refractivity contribution in [3.8, 4) is 0 Å². The first kappa shape index (κ1) is 11.0. The van der Waals surface area contributed by atoms with Crippen LogP contribution in [-0.2, 0) is 6.61 Å². The van der Waals surface area contributed by atoms with Crippen LogP contribution >= 0.6 is 0 Å². The number of rotatable bonds is 4. The number of aliphatic hydroxyl groups is 1. The van der Waals surface area contributed by atoms with Crippen LogP contribution in [0.15, 0.2) is 12.3 Å². The van der Waals surface area contributed by atoms with E-state index in [0.29, 0.717) is 5.92 Å². The van der Waals surface area contributed by atoms with E-state index in [4.69, 9.17) is 5.11 Å². The van der Waals surface area contributed by atoms with Crippen LogP contribution in [0.1, 0.15) is 25.1 Å². The molecule has 0 saturated carbocycles. The van der Waals surface area contributed by atoms with Crippen LogP contribution < -0.4 is 5.32 Å². The standard InChI is InChI=1S/C11H18N2O/c1-8(2)5-13-11-4-9(3)12-6-10(11)7-14/h4,6,8,14H,5,7H2,1-3H3,(H,12,13). The SMILES string of the molecule is Cc1cc(NCC(C)C)c(CO)cn1. The lowest BCUT2D eigenvalue weighted by molar-refractivity contribution is 0.282. The van der Waals surface area contributed by atoms with E-state index in [2.05, 4.69) is 24.1 Å². The van der Waals surface area contributed by atoms with Crippen LogP contribution in [0.3, 0.4) is 0 Å². The van der Waals surface area contributed by atoms with Gasteiger partial charge in [0, 0.05) is 29.7 Å². The summed E-state index contributed by atoms with van der Waals surface area (Å²) >= 11 is 0. The number of nitrogens with one attached hydrogen (secondary N) is 1. The average Bonchev–Trinajstić information content (AvgIpc) is 2.15. The second kappa shape index (κ2) is 4.96. The van der Waals surface area contributed by atoms with Gasteiger partial charge in [-0.3, -0.25) is 4.98 Å². The van der Waals surface area contributed by atoms with Crippen LogP contribution in [0.4, 0.5) is 5.69 Å². The summed E-state index contributed by atoms with van der Waals surface area (Å²) in [5.41, 5.74) is 2.82. The molecule has 3 heteroatoms. The van der Waals surface area contributed by atoms with Crippen LogP contribution in [-0.4, -0.2) is 16.6 Å². The zero-order valence-electron chi connectivity index (χ0n) is 9.04. The molecule has 0 aliphatic rings. The minimum Gasteiger partial charge on any atom is -0.392 e. The summed E-state index contributed by atoms with van der Waals surface area (Å²) in [6, 6.07) is 1.97. The molecule has 3 nitrogen and oxygen atoms in total. The van der Waals surface area contributed by atoms with Gasteiger partial charge in [0.05, 0.1) is 6.61 Å². The topological polar surface area (TPSA) is 45.1 Å². The molecule has 1 heterocycles. The molecule has 0 aliphatic carbocycles. The molecule has 0 spiro atoms. The summed E-state index contributed by atoms with van der Waals surface area (Å²) in [5.74, 6) is 0.593. The highest BCUT2D eigenvalue weighted by atomic mass is 16.3. The molecule has 1 aromatic rings. The number of nitrogens with zero attached hydrogens (tertiary/aromatic N) is 1. The summed E-state index contributed by atoms with van der Waals surface area (Å²) in [6.07, 6.45) is 1.72. The molecule has 0 fully saturated rings. The molecule has 1 rings (SSSR count). The number of pyridine rings is 1. The molecule has 78 valence electrons. The fourth-order valence-corrected chi connectivity index (χ4v) is 1.19. The Kier molecular flexibility index (Phi) is 3.89. The van der Waals surface area contributed by atoms with Gasteiger partial charge in [-0.15, -0.1) is 0 Å². The van der Waals surface area contributed by atoms with Gasteiger partial charge >= 0.3 is 0 Å². The average molecular weight is 194 g/mol. The van der Waals surface area contributed by atoms with Gasteiger partial charge in [-0.25, -0.2) is 0 Å². The predicted molar refractivity (Wildman–Crippen MR) is 58.2 cm³/mol. The zero-order chi connectivity index (χ0) is 10.6. The highest BCUT2D eigenvalue weighted by Gasteiger charge is 2.02. The first-order chi connectivity index (χ1) is 6.63. The molecule has 0 saturated heterocycles. The number of aryl methyl sites for hydroxylation is 1. The van der Waals surface area contributed by atoms with Gasteiger partial charge in [0.1, 0.15) is 0 Å². The van der Waals surface area contributed by atoms with Crippen LogP contribution in [0.5, 0.6) is 0 Å². The van der Waals surface area contributed by atoms with Gasteiger partial charge < -0.3 is 10.4 Å². The molecule has 1 aromatic heterocycles. The highest BCUT2D eigenvalue weighted by Crippen LogP contribution is 2.15. The number of hydrogen-bond acceptors (Lipinski definition) is 3. The summed E-state index contributed by atoms with van der Waals surface area (Å²) in [6.45, 7) is 7.20. The van der Waals surface area contributed by atoms with E-state index in [-0.39, 0.29) is 6.61 Å². The zero-order valence-corrected chi connectivity index (χ0v) is 9.04. The first-order valence-corrected chi connectivity index (χ1v) is 4.93. The maximum atomic E-state index is 9.09. The van der Waals surface area contributed by atoms with Crippen molar-refractivity contribution in [3.05, 3.63) is 23.5 Å². The summed E-state index contributed by atoms with van der Waals surface area (Å²) in [5, 5.41) is 12.4. The summed E-state index contributed by atoms with van der Waals surface area (Å²) < 4.78 is 0. The van der Waals surface area contributed by atoms with Gasteiger partial charge in [-0.05, 0) is 18.9 Å². The minimum absolute atomic E-state index is 0.0354. The maximum absolute atomic E-state index is 9.09. The minimum atomic E-state index is 0.0354. The van der Waals surface area contributed by atoms with Crippen molar-refractivity contribution in [1.29, 1.82) is 0 Å². The smallest absolute Gasteiger partial charge is 0.0717 e. The van der Waals surface area contributed by atoms with Crippen molar-refractivity contribution >= 4 is 5.69 Å². The molecular weight excluding hydrogens is 176 g/mol. The summed E-state index contributed by atoms with van der Waals surface area (Å²) in [4.78, 5) is 4.14. The Morgan fingerprint density at radius 3 is 2.79 bits per heavy atom. The Hall–Kier alpha value is -1.09. The van der Waals surface area contributed by atoms with E-state index in [1.807, 2.05) is 13.0 Å². The van der Waals surface area contributed by atoms with Crippen molar-refractivity contribution in [2.24, 2.45) is 5.92 Å². The Morgan fingerprint density at radius 1 is 1.50 bits per heavy atom. The van der Waals surface area contributed by atoms with Gasteiger partial charge in [0.25, 0.3) is 0 Å². The van der Waals surface area contributed by atoms with Gasteiger partial charge in [-0.2, -0.15) is 0 Å². The van der Waals surface area contributed by atoms with Crippen LogP contribution in [0, 0.1) is 12.8 Å². The maximum Gasteiger partial charge on any atom is 0.0717 e. The number of aliphatic hydroxyl groups excluding tert-OH is 1. The van der Waals surface area contributed by atoms with E-state index in [1.54, 1.807) is 6.20 Å². The van der Waals surface area contributed by atoms with Gasteiger partial charge in [-0.1, -0.05) is 13.8 Å². The normalized spacial score (nSPS) is 10.6. The Morgan fingerprint density at radius 2 is 2.21 bits per heavy atom. The van der Waals surface area contributed by atoms with Gasteiger partial charge in [0.15, 0.2) is 0 Å². The third-order valence-electron chi connectivity index (χ3n) is 1.99. The summed E-state index contributed by atoms with van der Waals surface area (Å²) in [7, 11) is 0. The second-order valence-corrected chi connectivity index (χ2v) is 3.92. The van der Waals surface area contributed by atoms with E-state index in [0.717, 1.165) is 23.5 Å². The molecule has 0 aliphatic heterocycles. The molecule has 2 N–H and O–H groups in total. The van der Waals surface area contributed by atoms with E-state index in [9.17, 15) is 0 Å². The molecule has 0 radical (unpaired) electrons. The molecule has 14 heavy (non-hydrogen) atoms. The van der Waals surface area contributed by atoms with Crippen LogP contribution in [0.2, 0.25) is 0 Å². The van der Waals surface area contributed by atoms with Crippen molar-refractivity contribution < 1.29 is 5.11 Å².